The Bertz CT molecular complexity index is 608. The molecule has 0 spiro atoms. The van der Waals surface area contributed by atoms with E-state index < -0.39 is 18.3 Å². The van der Waals surface area contributed by atoms with Crippen molar-refractivity contribution in [3.63, 3.8) is 0 Å². The fourth-order valence-electron chi connectivity index (χ4n) is 1.46. The molecule has 0 saturated carbocycles. The van der Waals surface area contributed by atoms with Crippen LogP contribution >= 0.6 is 23.2 Å². The maximum Gasteiger partial charge on any atom is 0.388 e. The maximum absolute atomic E-state index is 13.5. The molecule has 7 heteroatoms. The molecule has 2 rings (SSSR count). The Hall–Kier alpha value is -1.46. The predicted molar refractivity (Wildman–Crippen MR) is 66.3 cm³/mol. The second-order valence-electron chi connectivity index (χ2n) is 3.51. The highest BCUT2D eigenvalue weighted by Crippen LogP contribution is 2.31. The molecule has 2 nitrogen and oxygen atoms in total. The molecule has 0 N–H and O–H groups in total. The van der Waals surface area contributed by atoms with Crippen LogP contribution in [-0.4, -0.2) is 11.6 Å². The van der Waals surface area contributed by atoms with Gasteiger partial charge in [-0.15, -0.1) is 0 Å². The van der Waals surface area contributed by atoms with Gasteiger partial charge in [-0.2, -0.15) is 8.78 Å². The monoisotopic (exact) mass is 307 g/mol. The number of rotatable bonds is 3. The third kappa shape index (κ3) is 3.30. The van der Waals surface area contributed by atoms with Crippen LogP contribution in [0.25, 0.3) is 11.1 Å². The van der Waals surface area contributed by atoms with Gasteiger partial charge in [0.1, 0.15) is 0 Å². The van der Waals surface area contributed by atoms with Crippen molar-refractivity contribution < 1.29 is 17.9 Å². The van der Waals surface area contributed by atoms with Crippen LogP contribution in [0.1, 0.15) is 0 Å². The van der Waals surface area contributed by atoms with Crippen molar-refractivity contribution in [2.75, 3.05) is 0 Å². The molecule has 100 valence electrons. The first kappa shape index (κ1) is 14.0. The Morgan fingerprint density at radius 3 is 2.53 bits per heavy atom. The summed E-state index contributed by atoms with van der Waals surface area (Å²) in [5, 5.41) is 0.751. The van der Waals surface area contributed by atoms with Crippen molar-refractivity contribution in [2.45, 2.75) is 6.61 Å². The van der Waals surface area contributed by atoms with E-state index in [0.29, 0.717) is 21.2 Å². The normalized spacial score (nSPS) is 10.8. The first-order chi connectivity index (χ1) is 8.97. The summed E-state index contributed by atoms with van der Waals surface area (Å²) in [6.45, 7) is -3.14. The fourth-order valence-corrected chi connectivity index (χ4v) is 1.86. The standard InChI is InChI=1S/C12H6Cl2F3NO/c13-7-1-2-9(14)8(4-7)6-3-10(15)11(18-5-6)19-12(16)17/h1-5,12H. The highest BCUT2D eigenvalue weighted by atomic mass is 35.5. The van der Waals surface area contributed by atoms with Crippen LogP contribution in [0, 0.1) is 5.82 Å². The van der Waals surface area contributed by atoms with E-state index in [1.165, 1.54) is 12.3 Å². The number of pyridine rings is 1. The summed E-state index contributed by atoms with van der Waals surface area (Å²) in [6, 6.07) is 5.64. The summed E-state index contributed by atoms with van der Waals surface area (Å²) < 4.78 is 41.4. The number of halogens is 5. The number of ether oxygens (including phenoxy) is 1. The minimum absolute atomic E-state index is 0.312. The highest BCUT2D eigenvalue weighted by molar-refractivity contribution is 6.35. The van der Waals surface area contributed by atoms with E-state index in [1.54, 1.807) is 12.1 Å². The van der Waals surface area contributed by atoms with E-state index in [-0.39, 0.29) is 0 Å². The molecule has 0 unspecified atom stereocenters. The van der Waals surface area contributed by atoms with Gasteiger partial charge in [-0.25, -0.2) is 9.37 Å². The molecule has 0 bridgehead atoms. The molecule has 0 aliphatic rings. The SMILES string of the molecule is Fc1cc(-c2cc(Cl)ccc2Cl)cnc1OC(F)F. The van der Waals surface area contributed by atoms with Gasteiger partial charge in [0.25, 0.3) is 5.88 Å². The van der Waals surface area contributed by atoms with Crippen molar-refractivity contribution in [1.29, 1.82) is 0 Å². The van der Waals surface area contributed by atoms with Gasteiger partial charge in [0.15, 0.2) is 5.82 Å². The van der Waals surface area contributed by atoms with Gasteiger partial charge in [0, 0.05) is 27.4 Å². The van der Waals surface area contributed by atoms with Gasteiger partial charge in [0.2, 0.25) is 0 Å². The Morgan fingerprint density at radius 2 is 1.89 bits per heavy atom. The van der Waals surface area contributed by atoms with Crippen molar-refractivity contribution in [1.82, 2.24) is 4.98 Å². The molecule has 1 heterocycles. The lowest BCUT2D eigenvalue weighted by molar-refractivity contribution is -0.0553. The number of alkyl halides is 2. The van der Waals surface area contributed by atoms with E-state index in [1.807, 2.05) is 0 Å². The second kappa shape index (κ2) is 5.67. The van der Waals surface area contributed by atoms with Crippen LogP contribution in [-0.2, 0) is 0 Å². The fraction of sp³-hybridized carbons (Fsp3) is 0.0833. The average molecular weight is 308 g/mol. The minimum atomic E-state index is -3.14. The molecule has 0 saturated heterocycles. The quantitative estimate of drug-likeness (QED) is 0.813. The lowest BCUT2D eigenvalue weighted by atomic mass is 10.1. The van der Waals surface area contributed by atoms with Crippen molar-refractivity contribution >= 4 is 23.2 Å². The molecular weight excluding hydrogens is 302 g/mol. The summed E-state index contributed by atoms with van der Waals surface area (Å²) in [6.07, 6.45) is 1.18. The van der Waals surface area contributed by atoms with E-state index in [4.69, 9.17) is 23.2 Å². The Morgan fingerprint density at radius 1 is 1.16 bits per heavy atom. The van der Waals surface area contributed by atoms with Gasteiger partial charge < -0.3 is 4.74 Å². The Kier molecular flexibility index (Phi) is 4.17. The van der Waals surface area contributed by atoms with Crippen LogP contribution in [0.5, 0.6) is 5.88 Å². The van der Waals surface area contributed by atoms with E-state index in [9.17, 15) is 13.2 Å². The molecule has 19 heavy (non-hydrogen) atoms. The first-order valence-corrected chi connectivity index (χ1v) is 5.79. The van der Waals surface area contributed by atoms with Gasteiger partial charge in [-0.05, 0) is 24.3 Å². The summed E-state index contributed by atoms with van der Waals surface area (Å²) in [5.74, 6) is -1.77. The van der Waals surface area contributed by atoms with Crippen LogP contribution in [0.2, 0.25) is 10.0 Å². The Labute approximate surface area is 116 Å². The van der Waals surface area contributed by atoms with Gasteiger partial charge in [0.05, 0.1) is 0 Å². The smallest absolute Gasteiger partial charge is 0.388 e. The first-order valence-electron chi connectivity index (χ1n) is 5.03. The molecule has 0 amide bonds. The van der Waals surface area contributed by atoms with E-state index in [0.717, 1.165) is 6.07 Å². The van der Waals surface area contributed by atoms with Gasteiger partial charge >= 0.3 is 6.61 Å². The van der Waals surface area contributed by atoms with Crippen LogP contribution in [0.15, 0.2) is 30.5 Å². The summed E-state index contributed by atoms with van der Waals surface area (Å²) in [4.78, 5) is 3.49. The largest absolute Gasteiger partial charge is 0.414 e. The van der Waals surface area contributed by atoms with Crippen molar-refractivity contribution in [3.05, 3.63) is 46.3 Å². The van der Waals surface area contributed by atoms with Gasteiger partial charge in [-0.3, -0.25) is 0 Å². The lowest BCUT2D eigenvalue weighted by Crippen LogP contribution is -2.05. The minimum Gasteiger partial charge on any atom is -0.414 e. The van der Waals surface area contributed by atoms with Gasteiger partial charge in [-0.1, -0.05) is 23.2 Å². The predicted octanol–water partition coefficient (Wildman–Crippen LogP) is 4.80. The third-order valence-corrected chi connectivity index (χ3v) is 2.81. The van der Waals surface area contributed by atoms with Crippen LogP contribution in [0.4, 0.5) is 13.2 Å². The second-order valence-corrected chi connectivity index (χ2v) is 4.36. The summed E-state index contributed by atoms with van der Waals surface area (Å²) in [5.41, 5.74) is 0.760. The van der Waals surface area contributed by atoms with E-state index in [2.05, 4.69) is 9.72 Å². The summed E-state index contributed by atoms with van der Waals surface area (Å²) in [7, 11) is 0. The number of nitrogens with zero attached hydrogens (tertiary/aromatic N) is 1. The van der Waals surface area contributed by atoms with Crippen molar-refractivity contribution in [3.8, 4) is 17.0 Å². The van der Waals surface area contributed by atoms with Crippen molar-refractivity contribution in [2.24, 2.45) is 0 Å². The maximum atomic E-state index is 13.5. The topological polar surface area (TPSA) is 22.1 Å². The number of hydrogen-bond donors (Lipinski definition) is 0. The lowest BCUT2D eigenvalue weighted by Gasteiger charge is -2.08. The third-order valence-electron chi connectivity index (χ3n) is 2.25. The molecule has 1 aromatic carbocycles. The summed E-state index contributed by atoms with van der Waals surface area (Å²) >= 11 is 11.8. The van der Waals surface area contributed by atoms with E-state index >= 15 is 0 Å². The molecule has 0 aliphatic carbocycles. The van der Waals surface area contributed by atoms with Crippen LogP contribution in [0.3, 0.4) is 0 Å². The molecule has 2 aromatic rings. The number of benzene rings is 1. The average Bonchev–Trinajstić information content (AvgIpc) is 2.34. The number of hydrogen-bond acceptors (Lipinski definition) is 2. The zero-order valence-electron chi connectivity index (χ0n) is 9.21. The molecule has 0 radical (unpaired) electrons. The molecule has 0 aliphatic heterocycles. The zero-order valence-corrected chi connectivity index (χ0v) is 10.7. The molecule has 1 aromatic heterocycles. The molecular formula is C12H6Cl2F3NO. The zero-order chi connectivity index (χ0) is 14.0. The highest BCUT2D eigenvalue weighted by Gasteiger charge is 2.14. The number of aromatic nitrogens is 1. The Balaban J connectivity index is 2.41. The molecule has 0 atom stereocenters. The van der Waals surface area contributed by atoms with Crippen LogP contribution < -0.4 is 4.74 Å². The molecule has 0 fully saturated rings.